The Morgan fingerprint density at radius 2 is 2.28 bits per heavy atom. The third-order valence-corrected chi connectivity index (χ3v) is 2.55. The molecule has 1 N–H and O–H groups in total. The van der Waals surface area contributed by atoms with Crippen molar-refractivity contribution in [1.29, 1.82) is 0 Å². The SMILES string of the molecule is Cn1nccc1CCOc1cnccc1C(=O)O. The number of nitrogens with zero attached hydrogens (tertiary/aromatic N) is 3. The number of aromatic carboxylic acids is 1. The first-order chi connectivity index (χ1) is 8.68. The van der Waals surface area contributed by atoms with Crippen molar-refractivity contribution in [2.75, 3.05) is 6.61 Å². The second-order valence-corrected chi connectivity index (χ2v) is 3.72. The van der Waals surface area contributed by atoms with Crippen LogP contribution in [0.5, 0.6) is 5.75 Å². The first kappa shape index (κ1) is 12.1. The Kier molecular flexibility index (Phi) is 3.57. The highest BCUT2D eigenvalue weighted by Gasteiger charge is 2.10. The molecule has 0 unspecified atom stereocenters. The second kappa shape index (κ2) is 5.31. The average molecular weight is 247 g/mol. The lowest BCUT2D eigenvalue weighted by Crippen LogP contribution is -2.08. The van der Waals surface area contributed by atoms with Gasteiger partial charge in [0.05, 0.1) is 12.8 Å². The highest BCUT2D eigenvalue weighted by Crippen LogP contribution is 2.16. The molecule has 0 aliphatic carbocycles. The normalized spacial score (nSPS) is 10.3. The van der Waals surface area contributed by atoms with Crippen LogP contribution in [-0.2, 0) is 13.5 Å². The molecule has 6 nitrogen and oxygen atoms in total. The molecular formula is C12H13N3O3. The summed E-state index contributed by atoms with van der Waals surface area (Å²) in [4.78, 5) is 14.8. The lowest BCUT2D eigenvalue weighted by atomic mass is 10.2. The topological polar surface area (TPSA) is 77.2 Å². The molecule has 0 aliphatic rings. The maximum Gasteiger partial charge on any atom is 0.339 e. The first-order valence-corrected chi connectivity index (χ1v) is 5.45. The van der Waals surface area contributed by atoms with Gasteiger partial charge in [-0.3, -0.25) is 9.67 Å². The van der Waals surface area contributed by atoms with E-state index in [1.54, 1.807) is 10.9 Å². The van der Waals surface area contributed by atoms with Crippen LogP contribution in [0.1, 0.15) is 16.1 Å². The molecule has 2 aromatic heterocycles. The van der Waals surface area contributed by atoms with Crippen molar-refractivity contribution in [3.8, 4) is 5.75 Å². The number of aryl methyl sites for hydroxylation is 1. The third kappa shape index (κ3) is 2.65. The van der Waals surface area contributed by atoms with Gasteiger partial charge in [-0.2, -0.15) is 5.10 Å². The summed E-state index contributed by atoms with van der Waals surface area (Å²) in [7, 11) is 1.85. The maximum absolute atomic E-state index is 10.9. The molecule has 0 aromatic carbocycles. The van der Waals surface area contributed by atoms with Gasteiger partial charge in [-0.05, 0) is 12.1 Å². The van der Waals surface area contributed by atoms with E-state index in [-0.39, 0.29) is 11.3 Å². The fourth-order valence-electron chi connectivity index (χ4n) is 1.58. The van der Waals surface area contributed by atoms with Gasteiger partial charge in [-0.1, -0.05) is 0 Å². The Morgan fingerprint density at radius 1 is 1.44 bits per heavy atom. The average Bonchev–Trinajstić information content (AvgIpc) is 2.76. The Labute approximate surface area is 104 Å². The number of hydrogen-bond donors (Lipinski definition) is 1. The summed E-state index contributed by atoms with van der Waals surface area (Å²) in [5, 5.41) is 13.0. The number of pyridine rings is 1. The minimum atomic E-state index is -1.02. The molecule has 0 radical (unpaired) electrons. The number of ether oxygens (including phenoxy) is 1. The predicted octanol–water partition coefficient (Wildman–Crippen LogP) is 1.13. The summed E-state index contributed by atoms with van der Waals surface area (Å²) >= 11 is 0. The standard InChI is InChI=1S/C12H13N3O3/c1-15-9(2-6-14-15)4-7-18-11-8-13-5-3-10(11)12(16)17/h2-3,5-6,8H,4,7H2,1H3,(H,16,17). The van der Waals surface area contributed by atoms with Crippen LogP contribution in [0.25, 0.3) is 0 Å². The van der Waals surface area contributed by atoms with Crippen LogP contribution in [0, 0.1) is 0 Å². The zero-order valence-corrected chi connectivity index (χ0v) is 9.91. The van der Waals surface area contributed by atoms with Crippen molar-refractivity contribution in [2.45, 2.75) is 6.42 Å². The van der Waals surface area contributed by atoms with Gasteiger partial charge in [-0.25, -0.2) is 4.79 Å². The molecule has 0 aliphatic heterocycles. The molecule has 0 fully saturated rings. The van der Waals surface area contributed by atoms with Gasteiger partial charge in [0.25, 0.3) is 0 Å². The summed E-state index contributed by atoms with van der Waals surface area (Å²) < 4.78 is 7.20. The van der Waals surface area contributed by atoms with Gasteiger partial charge < -0.3 is 9.84 Å². The molecule has 2 rings (SSSR count). The summed E-state index contributed by atoms with van der Waals surface area (Å²) in [5.74, 6) is -0.736. The lowest BCUT2D eigenvalue weighted by molar-refractivity contribution is 0.0692. The number of hydrogen-bond acceptors (Lipinski definition) is 4. The molecule has 6 heteroatoms. The van der Waals surface area contributed by atoms with Crippen molar-refractivity contribution in [2.24, 2.45) is 7.05 Å². The van der Waals surface area contributed by atoms with Crippen molar-refractivity contribution in [1.82, 2.24) is 14.8 Å². The zero-order chi connectivity index (χ0) is 13.0. The fraction of sp³-hybridized carbons (Fsp3) is 0.250. The van der Waals surface area contributed by atoms with E-state index in [0.29, 0.717) is 13.0 Å². The lowest BCUT2D eigenvalue weighted by Gasteiger charge is -2.08. The molecule has 94 valence electrons. The van der Waals surface area contributed by atoms with E-state index >= 15 is 0 Å². The summed E-state index contributed by atoms with van der Waals surface area (Å²) in [6.45, 7) is 0.380. The van der Waals surface area contributed by atoms with Crippen molar-refractivity contribution < 1.29 is 14.6 Å². The number of carboxylic acids is 1. The first-order valence-electron chi connectivity index (χ1n) is 5.45. The van der Waals surface area contributed by atoms with Gasteiger partial charge in [0.2, 0.25) is 0 Å². The zero-order valence-electron chi connectivity index (χ0n) is 9.91. The monoisotopic (exact) mass is 247 g/mol. The fourth-order valence-corrected chi connectivity index (χ4v) is 1.58. The number of carboxylic acid groups (broad SMARTS) is 1. The highest BCUT2D eigenvalue weighted by molar-refractivity contribution is 5.90. The molecule has 2 aromatic rings. The molecule has 0 spiro atoms. The molecule has 0 bridgehead atoms. The van der Waals surface area contributed by atoms with E-state index in [4.69, 9.17) is 9.84 Å². The van der Waals surface area contributed by atoms with Gasteiger partial charge in [0.1, 0.15) is 5.56 Å². The van der Waals surface area contributed by atoms with Crippen LogP contribution in [0.4, 0.5) is 0 Å². The van der Waals surface area contributed by atoms with Crippen LogP contribution in [0.2, 0.25) is 0 Å². The molecular weight excluding hydrogens is 234 g/mol. The van der Waals surface area contributed by atoms with E-state index in [1.165, 1.54) is 18.5 Å². The molecule has 0 amide bonds. The second-order valence-electron chi connectivity index (χ2n) is 3.72. The van der Waals surface area contributed by atoms with Gasteiger partial charge in [-0.15, -0.1) is 0 Å². The minimum absolute atomic E-state index is 0.120. The van der Waals surface area contributed by atoms with E-state index in [0.717, 1.165) is 5.69 Å². The predicted molar refractivity (Wildman–Crippen MR) is 63.6 cm³/mol. The van der Waals surface area contributed by atoms with Crippen molar-refractivity contribution >= 4 is 5.97 Å². The molecule has 0 saturated heterocycles. The number of rotatable bonds is 5. The highest BCUT2D eigenvalue weighted by atomic mass is 16.5. The van der Waals surface area contributed by atoms with Crippen LogP contribution >= 0.6 is 0 Å². The molecule has 18 heavy (non-hydrogen) atoms. The maximum atomic E-state index is 10.9. The smallest absolute Gasteiger partial charge is 0.339 e. The summed E-state index contributed by atoms with van der Waals surface area (Å²) in [6, 6.07) is 3.31. The molecule has 0 atom stereocenters. The minimum Gasteiger partial charge on any atom is -0.491 e. The molecule has 0 saturated carbocycles. The van der Waals surface area contributed by atoms with Crippen molar-refractivity contribution in [3.63, 3.8) is 0 Å². The van der Waals surface area contributed by atoms with Crippen LogP contribution in [0.3, 0.4) is 0 Å². The largest absolute Gasteiger partial charge is 0.491 e. The van der Waals surface area contributed by atoms with E-state index in [2.05, 4.69) is 10.1 Å². The number of aromatic nitrogens is 3. The molecule has 2 heterocycles. The Bertz CT molecular complexity index is 551. The Morgan fingerprint density at radius 3 is 2.94 bits per heavy atom. The number of carbonyl (C=O) groups is 1. The Hall–Kier alpha value is -2.37. The van der Waals surface area contributed by atoms with Crippen LogP contribution in [0.15, 0.2) is 30.7 Å². The van der Waals surface area contributed by atoms with E-state index in [1.807, 2.05) is 13.1 Å². The van der Waals surface area contributed by atoms with Gasteiger partial charge in [0.15, 0.2) is 5.75 Å². The van der Waals surface area contributed by atoms with Gasteiger partial charge >= 0.3 is 5.97 Å². The summed E-state index contributed by atoms with van der Waals surface area (Å²) in [5.41, 5.74) is 1.14. The van der Waals surface area contributed by atoms with Crippen LogP contribution in [-0.4, -0.2) is 32.4 Å². The van der Waals surface area contributed by atoms with Crippen molar-refractivity contribution in [3.05, 3.63) is 42.0 Å². The van der Waals surface area contributed by atoms with E-state index < -0.39 is 5.97 Å². The third-order valence-electron chi connectivity index (χ3n) is 2.55. The van der Waals surface area contributed by atoms with Gasteiger partial charge in [0, 0.05) is 31.6 Å². The Balaban J connectivity index is 1.99. The van der Waals surface area contributed by atoms with E-state index in [9.17, 15) is 4.79 Å². The summed E-state index contributed by atoms with van der Waals surface area (Å²) in [6.07, 6.45) is 5.21. The quantitative estimate of drug-likeness (QED) is 0.857. The van der Waals surface area contributed by atoms with Crippen LogP contribution < -0.4 is 4.74 Å².